The Labute approximate surface area is 193 Å². The zero-order valence-electron chi connectivity index (χ0n) is 18.4. The van der Waals surface area contributed by atoms with Crippen molar-refractivity contribution in [3.05, 3.63) is 61.6 Å². The topological polar surface area (TPSA) is 94.4 Å². The number of amides is 1. The second-order valence-electron chi connectivity index (χ2n) is 7.44. The molecule has 1 N–H and O–H groups in total. The molecule has 2 aromatic carbocycles. The van der Waals surface area contributed by atoms with Crippen molar-refractivity contribution in [2.45, 2.75) is 13.6 Å². The van der Waals surface area contributed by atoms with Gasteiger partial charge in [-0.3, -0.25) is 14.2 Å². The lowest BCUT2D eigenvalue weighted by Crippen LogP contribution is -2.43. The monoisotopic (exact) mass is 466 g/mol. The Hall–Kier alpha value is -3.79. The third-order valence-corrected chi connectivity index (χ3v) is 6.67. The molecule has 0 bridgehead atoms. The number of rotatable bonds is 5. The molecule has 10 heteroatoms. The number of carbonyl (C=O) groups is 1. The van der Waals surface area contributed by atoms with E-state index in [4.69, 9.17) is 14.2 Å². The van der Waals surface area contributed by atoms with Gasteiger partial charge >= 0.3 is 0 Å². The molecule has 0 aliphatic carbocycles. The van der Waals surface area contributed by atoms with Crippen LogP contribution in [0.25, 0.3) is 5.57 Å². The third-order valence-electron chi connectivity index (χ3n) is 5.56. The average molecular weight is 467 g/mol. The van der Waals surface area contributed by atoms with Crippen LogP contribution in [-0.4, -0.2) is 38.0 Å². The molecule has 2 aliphatic rings. The van der Waals surface area contributed by atoms with E-state index in [2.05, 4.69) is 10.3 Å². The SMILES string of the molecule is CCOc1ccc2c(c1)/C(=c1/sc3n(c1=O)CN(c1ccc(OC)c(OC)c1)CN=3)C(=O)N2. The maximum atomic E-state index is 13.4. The van der Waals surface area contributed by atoms with E-state index in [9.17, 15) is 9.59 Å². The lowest BCUT2D eigenvalue weighted by Gasteiger charge is -2.26. The summed E-state index contributed by atoms with van der Waals surface area (Å²) in [5.74, 6) is 1.57. The van der Waals surface area contributed by atoms with Gasteiger partial charge in [-0.05, 0) is 37.3 Å². The van der Waals surface area contributed by atoms with Crippen LogP contribution in [0.4, 0.5) is 11.4 Å². The highest BCUT2D eigenvalue weighted by Gasteiger charge is 2.28. The molecule has 0 radical (unpaired) electrons. The number of ether oxygens (including phenoxy) is 3. The minimum atomic E-state index is -0.299. The molecule has 3 heterocycles. The average Bonchev–Trinajstić information content (AvgIpc) is 3.33. The van der Waals surface area contributed by atoms with E-state index in [1.165, 1.54) is 11.3 Å². The molecule has 1 amide bonds. The largest absolute Gasteiger partial charge is 0.494 e. The quantitative estimate of drug-likeness (QED) is 0.613. The number of hydrogen-bond donors (Lipinski definition) is 1. The first-order valence-corrected chi connectivity index (χ1v) is 11.2. The molecule has 5 rings (SSSR count). The number of thiazole rings is 1. The molecular formula is C23H22N4O5S. The van der Waals surface area contributed by atoms with Crippen molar-refractivity contribution in [3.63, 3.8) is 0 Å². The van der Waals surface area contributed by atoms with E-state index in [0.717, 1.165) is 5.69 Å². The fourth-order valence-corrected chi connectivity index (χ4v) is 5.03. The highest BCUT2D eigenvalue weighted by molar-refractivity contribution is 7.07. The molecule has 0 saturated carbocycles. The van der Waals surface area contributed by atoms with Crippen LogP contribution in [-0.2, 0) is 11.5 Å². The van der Waals surface area contributed by atoms with Gasteiger partial charge in [-0.1, -0.05) is 11.3 Å². The van der Waals surface area contributed by atoms with Gasteiger partial charge in [0.2, 0.25) is 0 Å². The van der Waals surface area contributed by atoms with Crippen LogP contribution in [0.2, 0.25) is 0 Å². The Bertz CT molecular complexity index is 1440. The summed E-state index contributed by atoms with van der Waals surface area (Å²) in [6.45, 7) is 3.09. The summed E-state index contributed by atoms with van der Waals surface area (Å²) in [6.07, 6.45) is 0. The number of hydrogen-bond acceptors (Lipinski definition) is 8. The van der Waals surface area contributed by atoms with E-state index in [1.807, 2.05) is 30.0 Å². The van der Waals surface area contributed by atoms with E-state index in [-0.39, 0.29) is 11.5 Å². The van der Waals surface area contributed by atoms with E-state index < -0.39 is 0 Å². The molecule has 0 atom stereocenters. The summed E-state index contributed by atoms with van der Waals surface area (Å²) in [6, 6.07) is 10.9. The van der Waals surface area contributed by atoms with E-state index >= 15 is 0 Å². The molecule has 3 aromatic rings. The second kappa shape index (κ2) is 8.28. The van der Waals surface area contributed by atoms with Crippen LogP contribution in [0.5, 0.6) is 17.2 Å². The summed E-state index contributed by atoms with van der Waals surface area (Å²) < 4.78 is 18.2. The fourth-order valence-electron chi connectivity index (χ4n) is 3.97. The third kappa shape index (κ3) is 3.52. The normalized spacial score (nSPS) is 16.0. The van der Waals surface area contributed by atoms with Crippen LogP contribution in [0.3, 0.4) is 0 Å². The van der Waals surface area contributed by atoms with E-state index in [0.29, 0.717) is 63.4 Å². The Morgan fingerprint density at radius 1 is 1.09 bits per heavy atom. The minimum absolute atomic E-state index is 0.247. The molecule has 0 saturated heterocycles. The predicted molar refractivity (Wildman–Crippen MR) is 125 cm³/mol. The molecule has 9 nitrogen and oxygen atoms in total. The van der Waals surface area contributed by atoms with Gasteiger partial charge in [-0.25, -0.2) is 4.99 Å². The summed E-state index contributed by atoms with van der Waals surface area (Å²) >= 11 is 1.23. The number of anilines is 2. The molecule has 0 unspecified atom stereocenters. The van der Waals surface area contributed by atoms with Gasteiger partial charge in [-0.15, -0.1) is 0 Å². The highest BCUT2D eigenvalue weighted by atomic mass is 32.1. The van der Waals surface area contributed by atoms with Gasteiger partial charge in [0.1, 0.15) is 23.6 Å². The molecule has 0 fully saturated rings. The summed E-state index contributed by atoms with van der Waals surface area (Å²) in [7, 11) is 3.16. The van der Waals surface area contributed by atoms with Crippen molar-refractivity contribution in [2.75, 3.05) is 37.7 Å². The zero-order chi connectivity index (χ0) is 23.1. The van der Waals surface area contributed by atoms with Crippen LogP contribution in [0.1, 0.15) is 12.5 Å². The van der Waals surface area contributed by atoms with Gasteiger partial charge in [0, 0.05) is 23.0 Å². The van der Waals surface area contributed by atoms with Crippen molar-refractivity contribution in [3.8, 4) is 17.2 Å². The van der Waals surface area contributed by atoms with E-state index in [1.54, 1.807) is 37.0 Å². The molecule has 2 aliphatic heterocycles. The van der Waals surface area contributed by atoms with Gasteiger partial charge in [0.15, 0.2) is 16.3 Å². The Morgan fingerprint density at radius 2 is 1.91 bits per heavy atom. The first kappa shape index (κ1) is 21.1. The lowest BCUT2D eigenvalue weighted by atomic mass is 10.1. The molecule has 33 heavy (non-hydrogen) atoms. The maximum Gasteiger partial charge on any atom is 0.272 e. The number of nitrogens with zero attached hydrogens (tertiary/aromatic N) is 3. The number of benzene rings is 2. The molecule has 170 valence electrons. The number of methoxy groups -OCH3 is 2. The van der Waals surface area contributed by atoms with Crippen molar-refractivity contribution in [2.24, 2.45) is 4.99 Å². The first-order chi connectivity index (χ1) is 16.0. The number of nitrogens with one attached hydrogen (secondary N) is 1. The highest BCUT2D eigenvalue weighted by Crippen LogP contribution is 2.34. The zero-order valence-corrected chi connectivity index (χ0v) is 19.2. The van der Waals surface area contributed by atoms with Crippen LogP contribution in [0.15, 0.2) is 46.2 Å². The van der Waals surface area contributed by atoms with Crippen LogP contribution >= 0.6 is 11.3 Å². The lowest BCUT2D eigenvalue weighted by molar-refractivity contribution is -0.110. The van der Waals surface area contributed by atoms with Crippen LogP contribution < -0.4 is 39.3 Å². The number of carbonyl (C=O) groups excluding carboxylic acids is 1. The summed E-state index contributed by atoms with van der Waals surface area (Å²) in [4.78, 5) is 33.3. The van der Waals surface area contributed by atoms with Crippen molar-refractivity contribution in [1.82, 2.24) is 4.57 Å². The Morgan fingerprint density at radius 3 is 2.67 bits per heavy atom. The minimum Gasteiger partial charge on any atom is -0.494 e. The summed E-state index contributed by atoms with van der Waals surface area (Å²) in [5, 5.41) is 2.84. The molecule has 0 spiro atoms. The predicted octanol–water partition coefficient (Wildman–Crippen LogP) is 1.53. The fraction of sp³-hybridized carbons (Fsp3) is 0.261. The maximum absolute atomic E-state index is 13.4. The van der Waals surface area contributed by atoms with Gasteiger partial charge in [0.25, 0.3) is 11.5 Å². The summed E-state index contributed by atoms with van der Waals surface area (Å²) in [5.41, 5.74) is 2.29. The molecule has 1 aromatic heterocycles. The smallest absolute Gasteiger partial charge is 0.272 e. The van der Waals surface area contributed by atoms with Crippen LogP contribution in [0, 0.1) is 0 Å². The Kier molecular flexibility index (Phi) is 5.29. The first-order valence-electron chi connectivity index (χ1n) is 10.4. The van der Waals surface area contributed by atoms with Crippen molar-refractivity contribution >= 4 is 34.2 Å². The van der Waals surface area contributed by atoms with Crippen molar-refractivity contribution < 1.29 is 19.0 Å². The van der Waals surface area contributed by atoms with Crippen molar-refractivity contribution in [1.29, 1.82) is 0 Å². The standard InChI is InChI=1S/C23H22N4O5S/c1-4-32-14-6-7-16-15(10-14)19(21(28)25-16)20-22(29)27-12-26(11-24-23(27)33-20)13-5-8-17(30-2)18(9-13)31-3/h5-10H,4,11-12H2,1-3H3,(H,25,28)/b20-19-. The van der Waals surface area contributed by atoms with Gasteiger partial charge < -0.3 is 24.4 Å². The number of aromatic nitrogens is 1. The Balaban J connectivity index is 1.58. The van der Waals surface area contributed by atoms with Gasteiger partial charge in [0.05, 0.1) is 26.4 Å². The second-order valence-corrected chi connectivity index (χ2v) is 8.41. The number of fused-ring (bicyclic) bond motifs is 2. The molecular weight excluding hydrogens is 444 g/mol. The van der Waals surface area contributed by atoms with Gasteiger partial charge in [-0.2, -0.15) is 0 Å².